The number of aryl methyl sites for hydroxylation is 1. The zero-order chi connectivity index (χ0) is 13.7. The van der Waals surface area contributed by atoms with Gasteiger partial charge in [0.2, 0.25) is 0 Å². The Labute approximate surface area is 124 Å². The summed E-state index contributed by atoms with van der Waals surface area (Å²) in [5, 5.41) is 0. The van der Waals surface area contributed by atoms with Gasteiger partial charge in [-0.1, -0.05) is 6.58 Å². The van der Waals surface area contributed by atoms with Crippen molar-refractivity contribution in [3.8, 4) is 5.75 Å². The first-order valence-corrected chi connectivity index (χ1v) is 7.89. The molecule has 0 atom stereocenters. The average molecular weight is 288 g/mol. The smallest absolute Gasteiger partial charge is 0.140 e. The van der Waals surface area contributed by atoms with Crippen molar-refractivity contribution in [2.75, 3.05) is 23.9 Å². The molecular weight excluding hydrogens is 270 g/mol. The molecule has 0 saturated carbocycles. The molecule has 0 radical (unpaired) electrons. The molecule has 3 aliphatic rings. The minimum atomic E-state index is 0.511. The van der Waals surface area contributed by atoms with Gasteiger partial charge in [-0.15, -0.1) is 11.6 Å². The van der Waals surface area contributed by atoms with Crippen LogP contribution in [0.2, 0.25) is 0 Å². The standard InChI is InChI=1S/C17H18ClNO/c1-11-8-13(10-18)15-9-12-4-2-6-19-7-3-5-14(16(12)19)17(15)20-11/h8-9H,1-7,10H2. The third kappa shape index (κ3) is 1.71. The molecule has 0 bridgehead atoms. The van der Waals surface area contributed by atoms with Crippen LogP contribution in [0.3, 0.4) is 0 Å². The largest absolute Gasteiger partial charge is 0.457 e. The highest BCUT2D eigenvalue weighted by Crippen LogP contribution is 2.46. The second-order valence-corrected chi connectivity index (χ2v) is 6.07. The number of rotatable bonds is 1. The molecule has 0 N–H and O–H groups in total. The molecule has 104 valence electrons. The van der Waals surface area contributed by atoms with Crippen molar-refractivity contribution in [1.29, 1.82) is 0 Å². The molecule has 0 aromatic heterocycles. The molecule has 4 rings (SSSR count). The van der Waals surface area contributed by atoms with Crippen LogP contribution in [0, 0.1) is 0 Å². The van der Waals surface area contributed by atoms with Crippen LogP contribution in [-0.4, -0.2) is 19.0 Å². The van der Waals surface area contributed by atoms with Gasteiger partial charge in [0.25, 0.3) is 0 Å². The number of alkyl halides is 1. The van der Waals surface area contributed by atoms with Gasteiger partial charge in [-0.25, -0.2) is 0 Å². The highest BCUT2D eigenvalue weighted by Gasteiger charge is 2.30. The molecule has 1 aromatic carbocycles. The molecule has 1 aromatic rings. The highest BCUT2D eigenvalue weighted by molar-refractivity contribution is 6.23. The van der Waals surface area contributed by atoms with Crippen molar-refractivity contribution in [3.05, 3.63) is 41.2 Å². The molecule has 0 amide bonds. The van der Waals surface area contributed by atoms with E-state index in [0.29, 0.717) is 11.6 Å². The fraction of sp³-hybridized carbons (Fsp3) is 0.412. The Morgan fingerprint density at radius 2 is 2.05 bits per heavy atom. The van der Waals surface area contributed by atoms with Crippen LogP contribution >= 0.6 is 11.6 Å². The van der Waals surface area contributed by atoms with Gasteiger partial charge in [0.15, 0.2) is 0 Å². The monoisotopic (exact) mass is 287 g/mol. The summed E-state index contributed by atoms with van der Waals surface area (Å²) in [4.78, 5) is 2.53. The van der Waals surface area contributed by atoms with E-state index in [9.17, 15) is 0 Å². The van der Waals surface area contributed by atoms with Gasteiger partial charge in [-0.2, -0.15) is 0 Å². The summed E-state index contributed by atoms with van der Waals surface area (Å²) in [5.74, 6) is 2.23. The van der Waals surface area contributed by atoms with Gasteiger partial charge in [-0.3, -0.25) is 0 Å². The Morgan fingerprint density at radius 3 is 2.85 bits per heavy atom. The number of halogens is 1. The highest BCUT2D eigenvalue weighted by atomic mass is 35.5. The Hall–Kier alpha value is -1.41. The van der Waals surface area contributed by atoms with Gasteiger partial charge >= 0.3 is 0 Å². The van der Waals surface area contributed by atoms with Gasteiger partial charge < -0.3 is 9.64 Å². The number of fused-ring (bicyclic) bond motifs is 2. The zero-order valence-corrected chi connectivity index (χ0v) is 12.3. The molecule has 0 saturated heterocycles. The van der Waals surface area contributed by atoms with Crippen molar-refractivity contribution in [3.63, 3.8) is 0 Å². The summed E-state index contributed by atoms with van der Waals surface area (Å²) in [7, 11) is 0. The van der Waals surface area contributed by atoms with Crippen molar-refractivity contribution >= 4 is 22.9 Å². The molecule has 2 nitrogen and oxygen atoms in total. The first kappa shape index (κ1) is 12.3. The van der Waals surface area contributed by atoms with Gasteiger partial charge in [0.1, 0.15) is 11.5 Å². The number of anilines is 1. The summed E-state index contributed by atoms with van der Waals surface area (Å²) in [6.07, 6.45) is 6.70. The van der Waals surface area contributed by atoms with Gasteiger partial charge in [-0.05, 0) is 49.0 Å². The lowest BCUT2D eigenvalue weighted by molar-refractivity contribution is 0.431. The fourth-order valence-corrected chi connectivity index (χ4v) is 3.95. The molecule has 3 heterocycles. The van der Waals surface area contributed by atoms with Crippen LogP contribution in [0.25, 0.3) is 5.57 Å². The molecule has 0 spiro atoms. The molecule has 20 heavy (non-hydrogen) atoms. The molecule has 0 fully saturated rings. The minimum Gasteiger partial charge on any atom is -0.457 e. The predicted octanol–water partition coefficient (Wildman–Crippen LogP) is 3.91. The first-order valence-electron chi connectivity index (χ1n) is 7.35. The van der Waals surface area contributed by atoms with E-state index in [0.717, 1.165) is 17.7 Å². The number of allylic oxidation sites excluding steroid dienone is 2. The third-order valence-corrected chi connectivity index (χ3v) is 4.82. The van der Waals surface area contributed by atoms with Crippen LogP contribution in [0.15, 0.2) is 24.5 Å². The zero-order valence-electron chi connectivity index (χ0n) is 11.5. The second kappa shape index (κ2) is 4.56. The van der Waals surface area contributed by atoms with Crippen molar-refractivity contribution in [2.24, 2.45) is 0 Å². The lowest BCUT2D eigenvalue weighted by atomic mass is 9.86. The normalized spacial score (nSPS) is 19.9. The van der Waals surface area contributed by atoms with Crippen LogP contribution in [0.4, 0.5) is 5.69 Å². The molecule has 0 aliphatic carbocycles. The number of benzene rings is 1. The van der Waals surface area contributed by atoms with Crippen molar-refractivity contribution in [1.82, 2.24) is 0 Å². The van der Waals surface area contributed by atoms with E-state index in [1.54, 1.807) is 0 Å². The maximum atomic E-state index is 6.12. The number of ether oxygens (including phenoxy) is 1. The van der Waals surface area contributed by atoms with E-state index >= 15 is 0 Å². The maximum absolute atomic E-state index is 6.12. The quantitative estimate of drug-likeness (QED) is 0.726. The van der Waals surface area contributed by atoms with Crippen LogP contribution in [-0.2, 0) is 12.8 Å². The fourth-order valence-electron chi connectivity index (χ4n) is 3.73. The first-order chi connectivity index (χ1) is 9.78. The number of hydrogen-bond donors (Lipinski definition) is 0. The number of nitrogens with zero attached hydrogens (tertiary/aromatic N) is 1. The Morgan fingerprint density at radius 1 is 1.25 bits per heavy atom. The molecule has 3 aliphatic heterocycles. The summed E-state index contributed by atoms with van der Waals surface area (Å²) >= 11 is 6.12. The van der Waals surface area contributed by atoms with Gasteiger partial charge in [0.05, 0.1) is 0 Å². The summed E-state index contributed by atoms with van der Waals surface area (Å²) in [5.41, 5.74) is 6.60. The summed E-state index contributed by atoms with van der Waals surface area (Å²) in [6, 6.07) is 2.30. The second-order valence-electron chi connectivity index (χ2n) is 5.81. The average Bonchev–Trinajstić information content (AvgIpc) is 2.48. The van der Waals surface area contributed by atoms with Crippen molar-refractivity contribution < 1.29 is 4.74 Å². The lowest BCUT2D eigenvalue weighted by Gasteiger charge is -2.39. The molecular formula is C17H18ClNO. The van der Waals surface area contributed by atoms with Crippen LogP contribution in [0.5, 0.6) is 5.75 Å². The Balaban J connectivity index is 1.98. The Kier molecular flexibility index (Phi) is 2.81. The number of hydrogen-bond acceptors (Lipinski definition) is 2. The predicted molar refractivity (Wildman–Crippen MR) is 83.8 cm³/mol. The van der Waals surface area contributed by atoms with E-state index in [1.165, 1.54) is 54.7 Å². The van der Waals surface area contributed by atoms with Crippen molar-refractivity contribution in [2.45, 2.75) is 25.7 Å². The third-order valence-electron chi connectivity index (χ3n) is 4.53. The minimum absolute atomic E-state index is 0.511. The summed E-state index contributed by atoms with van der Waals surface area (Å²) in [6.45, 7) is 6.32. The van der Waals surface area contributed by atoms with Crippen LogP contribution in [0.1, 0.15) is 29.5 Å². The Bertz CT molecular complexity index is 630. The van der Waals surface area contributed by atoms with E-state index < -0.39 is 0 Å². The van der Waals surface area contributed by atoms with E-state index in [-0.39, 0.29) is 0 Å². The van der Waals surface area contributed by atoms with E-state index in [2.05, 4.69) is 17.5 Å². The molecule has 0 unspecified atom stereocenters. The summed E-state index contributed by atoms with van der Waals surface area (Å²) < 4.78 is 5.98. The van der Waals surface area contributed by atoms with Gasteiger partial charge in [0, 0.05) is 35.8 Å². The maximum Gasteiger partial charge on any atom is 0.140 e. The van der Waals surface area contributed by atoms with Crippen LogP contribution < -0.4 is 9.64 Å². The molecule has 3 heteroatoms. The topological polar surface area (TPSA) is 12.5 Å². The van der Waals surface area contributed by atoms with E-state index in [1.807, 2.05) is 6.08 Å². The van der Waals surface area contributed by atoms with E-state index in [4.69, 9.17) is 16.3 Å². The lowest BCUT2D eigenvalue weighted by Crippen LogP contribution is -2.35. The SMILES string of the molecule is C=C1C=C(CCl)c2cc3c4c(c2O1)CCCN4CCC3.